The van der Waals surface area contributed by atoms with E-state index in [1.165, 1.54) is 0 Å². The molecule has 0 amide bonds. The molecule has 0 saturated heterocycles. The molecule has 0 fully saturated rings. The first-order valence-corrected chi connectivity index (χ1v) is 7.14. The zero-order chi connectivity index (χ0) is 13.5. The van der Waals surface area contributed by atoms with Gasteiger partial charge in [-0.15, -0.1) is 0 Å². The van der Waals surface area contributed by atoms with Crippen molar-refractivity contribution in [2.75, 3.05) is 11.9 Å². The maximum atomic E-state index is 5.73. The lowest BCUT2D eigenvalue weighted by Gasteiger charge is -2.08. The van der Waals surface area contributed by atoms with Gasteiger partial charge >= 0.3 is 0 Å². The van der Waals surface area contributed by atoms with E-state index >= 15 is 0 Å². The maximum Gasteiger partial charge on any atom is 0.126 e. The highest BCUT2D eigenvalue weighted by Crippen LogP contribution is 2.17. The van der Waals surface area contributed by atoms with Gasteiger partial charge in [-0.3, -0.25) is 0 Å². The fraction of sp³-hybridized carbons (Fsp3) is 0.267. The summed E-state index contributed by atoms with van der Waals surface area (Å²) in [5.41, 5.74) is 1.11. The number of rotatable bonds is 6. The number of halogens is 1. The maximum absolute atomic E-state index is 5.73. The molecular weight excluding hydrogens is 304 g/mol. The smallest absolute Gasteiger partial charge is 0.126 e. The number of benzene rings is 1. The summed E-state index contributed by atoms with van der Waals surface area (Å²) in [7, 11) is 0. The van der Waals surface area contributed by atoms with Crippen LogP contribution in [0.15, 0.2) is 47.1 Å². The molecule has 1 N–H and O–H groups in total. The summed E-state index contributed by atoms with van der Waals surface area (Å²) < 4.78 is 6.78. The van der Waals surface area contributed by atoms with Crippen molar-refractivity contribution < 1.29 is 4.74 Å². The topological polar surface area (TPSA) is 34.1 Å². The van der Waals surface area contributed by atoms with E-state index in [9.17, 15) is 0 Å². The minimum absolute atomic E-state index is 0.547. The summed E-state index contributed by atoms with van der Waals surface area (Å²) >= 11 is 3.40. The van der Waals surface area contributed by atoms with Crippen LogP contribution in [-0.2, 0) is 6.61 Å². The van der Waals surface area contributed by atoms with Crippen molar-refractivity contribution in [3.63, 3.8) is 0 Å². The van der Waals surface area contributed by atoms with Crippen molar-refractivity contribution in [1.29, 1.82) is 0 Å². The number of ether oxygens (including phenoxy) is 1. The molecule has 0 spiro atoms. The first-order valence-electron chi connectivity index (χ1n) is 6.35. The van der Waals surface area contributed by atoms with Crippen LogP contribution in [0.1, 0.15) is 18.9 Å². The monoisotopic (exact) mass is 320 g/mol. The number of nitrogens with zero attached hydrogens (tertiary/aromatic N) is 1. The lowest BCUT2D eigenvalue weighted by molar-refractivity contribution is 0.306. The predicted molar refractivity (Wildman–Crippen MR) is 81.5 cm³/mol. The van der Waals surface area contributed by atoms with Crippen LogP contribution in [0.5, 0.6) is 5.75 Å². The number of aromatic nitrogens is 1. The second-order valence-electron chi connectivity index (χ2n) is 4.22. The Morgan fingerprint density at radius 3 is 2.74 bits per heavy atom. The molecule has 100 valence electrons. The van der Waals surface area contributed by atoms with Crippen molar-refractivity contribution in [2.24, 2.45) is 0 Å². The van der Waals surface area contributed by atoms with Crippen LogP contribution in [0.4, 0.5) is 5.82 Å². The van der Waals surface area contributed by atoms with E-state index in [-0.39, 0.29) is 0 Å². The molecule has 4 heteroatoms. The zero-order valence-corrected chi connectivity index (χ0v) is 12.5. The Hall–Kier alpha value is -1.55. The largest absolute Gasteiger partial charge is 0.489 e. The van der Waals surface area contributed by atoms with Crippen molar-refractivity contribution >= 4 is 21.7 Å². The molecule has 0 unspecified atom stereocenters. The molecule has 0 aliphatic rings. The fourth-order valence-corrected chi connectivity index (χ4v) is 1.88. The summed E-state index contributed by atoms with van der Waals surface area (Å²) in [6, 6.07) is 11.8. The zero-order valence-electron chi connectivity index (χ0n) is 10.9. The van der Waals surface area contributed by atoms with E-state index < -0.39 is 0 Å². The Balaban J connectivity index is 1.93. The van der Waals surface area contributed by atoms with E-state index in [1.807, 2.05) is 36.4 Å². The molecule has 0 bridgehead atoms. The second-order valence-corrected chi connectivity index (χ2v) is 5.13. The van der Waals surface area contributed by atoms with Gasteiger partial charge in [0.2, 0.25) is 0 Å². The molecule has 1 aromatic carbocycles. The van der Waals surface area contributed by atoms with E-state index in [2.05, 4.69) is 33.2 Å². The summed E-state index contributed by atoms with van der Waals surface area (Å²) in [6.45, 7) is 3.61. The normalized spacial score (nSPS) is 10.2. The molecule has 0 atom stereocenters. The molecule has 1 heterocycles. The number of anilines is 1. The molecule has 0 aliphatic carbocycles. The summed E-state index contributed by atoms with van der Waals surface area (Å²) in [6.07, 6.45) is 2.89. The average Bonchev–Trinajstić information content (AvgIpc) is 2.45. The number of hydrogen-bond acceptors (Lipinski definition) is 3. The first kappa shape index (κ1) is 13.9. The Morgan fingerprint density at radius 1 is 1.21 bits per heavy atom. The molecule has 3 nitrogen and oxygen atoms in total. The molecule has 0 radical (unpaired) electrons. The van der Waals surface area contributed by atoms with Gasteiger partial charge in [0.05, 0.1) is 0 Å². The average molecular weight is 321 g/mol. The highest BCUT2D eigenvalue weighted by atomic mass is 79.9. The van der Waals surface area contributed by atoms with Crippen molar-refractivity contribution in [3.8, 4) is 5.75 Å². The van der Waals surface area contributed by atoms with Crippen LogP contribution in [0.2, 0.25) is 0 Å². The lowest BCUT2D eigenvalue weighted by Crippen LogP contribution is -2.03. The van der Waals surface area contributed by atoms with Gasteiger partial charge in [0.1, 0.15) is 18.2 Å². The van der Waals surface area contributed by atoms with Crippen LogP contribution in [-0.4, -0.2) is 11.5 Å². The van der Waals surface area contributed by atoms with Gasteiger partial charge in [-0.25, -0.2) is 4.98 Å². The van der Waals surface area contributed by atoms with Gasteiger partial charge in [0.25, 0.3) is 0 Å². The minimum Gasteiger partial charge on any atom is -0.489 e. The van der Waals surface area contributed by atoms with Gasteiger partial charge in [-0.2, -0.15) is 0 Å². The molecule has 0 saturated carbocycles. The van der Waals surface area contributed by atoms with Crippen LogP contribution < -0.4 is 10.1 Å². The molecule has 2 rings (SSSR count). The van der Waals surface area contributed by atoms with Gasteiger partial charge in [0.15, 0.2) is 0 Å². The second kappa shape index (κ2) is 7.14. The van der Waals surface area contributed by atoms with E-state index in [4.69, 9.17) is 4.74 Å². The SMILES string of the molecule is CCCNc1cc(COc2ccc(Br)cc2)ccn1. The van der Waals surface area contributed by atoms with Crippen molar-refractivity contribution in [1.82, 2.24) is 4.98 Å². The Kier molecular flexibility index (Phi) is 5.21. The Bertz CT molecular complexity index is 514. The highest BCUT2D eigenvalue weighted by molar-refractivity contribution is 9.10. The first-order chi connectivity index (χ1) is 9.28. The van der Waals surface area contributed by atoms with Gasteiger partial charge in [0, 0.05) is 17.2 Å². The standard InChI is InChI=1S/C15H17BrN2O/c1-2-8-17-15-10-12(7-9-18-15)11-19-14-5-3-13(16)4-6-14/h3-7,9-10H,2,8,11H2,1H3,(H,17,18). The van der Waals surface area contributed by atoms with E-state index in [1.54, 1.807) is 6.20 Å². The molecule has 0 aliphatic heterocycles. The van der Waals surface area contributed by atoms with Crippen molar-refractivity contribution in [3.05, 3.63) is 52.6 Å². The summed E-state index contributed by atoms with van der Waals surface area (Å²) in [5.74, 6) is 1.77. The van der Waals surface area contributed by atoms with Gasteiger partial charge in [-0.05, 0) is 48.4 Å². The van der Waals surface area contributed by atoms with Crippen LogP contribution in [0, 0.1) is 0 Å². The third-order valence-corrected chi connectivity index (χ3v) is 3.13. The predicted octanol–water partition coefficient (Wildman–Crippen LogP) is 4.25. The van der Waals surface area contributed by atoms with Crippen molar-refractivity contribution in [2.45, 2.75) is 20.0 Å². The third kappa shape index (κ3) is 4.56. The number of hydrogen-bond donors (Lipinski definition) is 1. The minimum atomic E-state index is 0.547. The molecule has 2 aromatic rings. The lowest BCUT2D eigenvalue weighted by atomic mass is 10.2. The van der Waals surface area contributed by atoms with Crippen LogP contribution >= 0.6 is 15.9 Å². The summed E-state index contributed by atoms with van der Waals surface area (Å²) in [4.78, 5) is 4.27. The Morgan fingerprint density at radius 2 is 2.00 bits per heavy atom. The Labute approximate surface area is 122 Å². The van der Waals surface area contributed by atoms with Gasteiger partial charge in [-0.1, -0.05) is 22.9 Å². The molecule has 1 aromatic heterocycles. The fourth-order valence-electron chi connectivity index (χ4n) is 1.61. The number of pyridine rings is 1. The number of nitrogens with one attached hydrogen (secondary N) is 1. The molecular formula is C15H17BrN2O. The van der Waals surface area contributed by atoms with E-state index in [0.29, 0.717) is 6.61 Å². The van der Waals surface area contributed by atoms with Gasteiger partial charge < -0.3 is 10.1 Å². The molecule has 19 heavy (non-hydrogen) atoms. The highest BCUT2D eigenvalue weighted by Gasteiger charge is 1.99. The summed E-state index contributed by atoms with van der Waals surface area (Å²) in [5, 5.41) is 3.27. The van der Waals surface area contributed by atoms with E-state index in [0.717, 1.165) is 34.6 Å². The quantitative estimate of drug-likeness (QED) is 0.864. The third-order valence-electron chi connectivity index (χ3n) is 2.60. The van der Waals surface area contributed by atoms with Crippen LogP contribution in [0.25, 0.3) is 0 Å². The van der Waals surface area contributed by atoms with Crippen LogP contribution in [0.3, 0.4) is 0 Å².